The normalized spacial score (nSPS) is 23.9. The van der Waals surface area contributed by atoms with Crippen molar-refractivity contribution in [2.45, 2.75) is 39.0 Å². The van der Waals surface area contributed by atoms with Gasteiger partial charge in [0.2, 0.25) is 0 Å². The molecule has 1 N–H and O–H groups in total. The predicted molar refractivity (Wildman–Crippen MR) is 68.3 cm³/mol. The highest BCUT2D eigenvalue weighted by Crippen LogP contribution is 2.16. The van der Waals surface area contributed by atoms with E-state index in [0.29, 0.717) is 18.8 Å². The summed E-state index contributed by atoms with van der Waals surface area (Å²) in [7, 11) is 0. The molecule has 1 aromatic rings. The van der Waals surface area contributed by atoms with E-state index in [9.17, 15) is 0 Å². The summed E-state index contributed by atoms with van der Waals surface area (Å²) in [4.78, 5) is 0. The Labute approximate surface area is 103 Å². The summed E-state index contributed by atoms with van der Waals surface area (Å²) in [5.41, 5.74) is 1.26. The monoisotopic (exact) mass is 235 g/mol. The first-order chi connectivity index (χ1) is 8.29. The van der Waals surface area contributed by atoms with Crippen LogP contribution in [0.25, 0.3) is 0 Å². The SMILES string of the molecule is CCOc1cccc(CNC2CCOC2C)c1. The van der Waals surface area contributed by atoms with Gasteiger partial charge in [0.15, 0.2) is 0 Å². The molecule has 2 rings (SSSR count). The zero-order valence-electron chi connectivity index (χ0n) is 10.6. The summed E-state index contributed by atoms with van der Waals surface area (Å²) >= 11 is 0. The molecule has 1 heterocycles. The minimum absolute atomic E-state index is 0.324. The standard InChI is InChI=1S/C14H21NO2/c1-3-16-13-6-4-5-12(9-13)10-15-14-7-8-17-11(14)2/h4-6,9,11,14-15H,3,7-8,10H2,1-2H3. The largest absolute Gasteiger partial charge is 0.494 e. The number of hydrogen-bond acceptors (Lipinski definition) is 3. The van der Waals surface area contributed by atoms with Crippen molar-refractivity contribution in [3.05, 3.63) is 29.8 Å². The molecule has 3 nitrogen and oxygen atoms in total. The topological polar surface area (TPSA) is 30.5 Å². The van der Waals surface area contributed by atoms with Crippen LogP contribution >= 0.6 is 0 Å². The van der Waals surface area contributed by atoms with Gasteiger partial charge in [0.1, 0.15) is 5.75 Å². The van der Waals surface area contributed by atoms with E-state index >= 15 is 0 Å². The second-order valence-electron chi connectivity index (χ2n) is 4.43. The maximum absolute atomic E-state index is 5.53. The maximum atomic E-state index is 5.53. The summed E-state index contributed by atoms with van der Waals surface area (Å²) in [6.07, 6.45) is 1.43. The molecule has 0 radical (unpaired) electrons. The first-order valence-electron chi connectivity index (χ1n) is 6.36. The maximum Gasteiger partial charge on any atom is 0.119 e. The second kappa shape index (κ2) is 6.03. The lowest BCUT2D eigenvalue weighted by molar-refractivity contribution is 0.113. The average molecular weight is 235 g/mol. The van der Waals surface area contributed by atoms with E-state index in [1.54, 1.807) is 0 Å². The Bertz CT molecular complexity index is 354. The van der Waals surface area contributed by atoms with Crippen LogP contribution in [0.15, 0.2) is 24.3 Å². The van der Waals surface area contributed by atoms with Crippen LogP contribution in [0.4, 0.5) is 0 Å². The summed E-state index contributed by atoms with van der Waals surface area (Å²) in [6.45, 7) is 6.59. The Hall–Kier alpha value is -1.06. The number of benzene rings is 1. The van der Waals surface area contributed by atoms with Crippen LogP contribution in [0.2, 0.25) is 0 Å². The highest BCUT2D eigenvalue weighted by Gasteiger charge is 2.23. The summed E-state index contributed by atoms with van der Waals surface area (Å²) < 4.78 is 11.0. The lowest BCUT2D eigenvalue weighted by atomic mass is 10.1. The highest BCUT2D eigenvalue weighted by atomic mass is 16.5. The molecule has 0 aliphatic carbocycles. The zero-order chi connectivity index (χ0) is 12.1. The second-order valence-corrected chi connectivity index (χ2v) is 4.43. The molecule has 2 unspecified atom stereocenters. The van der Waals surface area contributed by atoms with Gasteiger partial charge in [0.05, 0.1) is 12.7 Å². The Morgan fingerprint density at radius 3 is 3.06 bits per heavy atom. The van der Waals surface area contributed by atoms with Crippen molar-refractivity contribution in [3.8, 4) is 5.75 Å². The van der Waals surface area contributed by atoms with Crippen LogP contribution < -0.4 is 10.1 Å². The Balaban J connectivity index is 1.87. The molecule has 1 aliphatic heterocycles. The van der Waals surface area contributed by atoms with E-state index in [1.165, 1.54) is 5.56 Å². The molecule has 2 atom stereocenters. The third-order valence-electron chi connectivity index (χ3n) is 3.15. The van der Waals surface area contributed by atoms with Gasteiger partial charge in [-0.05, 0) is 38.0 Å². The molecule has 1 aromatic carbocycles. The quantitative estimate of drug-likeness (QED) is 0.850. The molecule has 94 valence electrons. The Kier molecular flexibility index (Phi) is 4.40. The van der Waals surface area contributed by atoms with Gasteiger partial charge >= 0.3 is 0 Å². The van der Waals surface area contributed by atoms with Crippen LogP contribution in [0.1, 0.15) is 25.8 Å². The molecule has 1 aliphatic rings. The van der Waals surface area contributed by atoms with E-state index in [4.69, 9.17) is 9.47 Å². The van der Waals surface area contributed by atoms with E-state index in [2.05, 4.69) is 24.4 Å². The third-order valence-corrected chi connectivity index (χ3v) is 3.15. The molecule has 3 heteroatoms. The first kappa shape index (κ1) is 12.4. The molecule has 1 saturated heterocycles. The smallest absolute Gasteiger partial charge is 0.119 e. The van der Waals surface area contributed by atoms with Crippen molar-refractivity contribution >= 4 is 0 Å². The fourth-order valence-corrected chi connectivity index (χ4v) is 2.16. The predicted octanol–water partition coefficient (Wildman–Crippen LogP) is 2.35. The molecule has 0 aromatic heterocycles. The summed E-state index contributed by atoms with van der Waals surface area (Å²) in [5, 5.41) is 3.54. The van der Waals surface area contributed by atoms with Gasteiger partial charge in [-0.2, -0.15) is 0 Å². The van der Waals surface area contributed by atoms with Crippen molar-refractivity contribution in [2.75, 3.05) is 13.2 Å². The van der Waals surface area contributed by atoms with Crippen LogP contribution in [-0.4, -0.2) is 25.4 Å². The van der Waals surface area contributed by atoms with Gasteiger partial charge in [-0.25, -0.2) is 0 Å². The minimum atomic E-state index is 0.324. The first-order valence-corrected chi connectivity index (χ1v) is 6.36. The highest BCUT2D eigenvalue weighted by molar-refractivity contribution is 5.28. The Morgan fingerprint density at radius 2 is 2.35 bits per heavy atom. The molecular formula is C14H21NO2. The van der Waals surface area contributed by atoms with Crippen molar-refractivity contribution in [1.29, 1.82) is 0 Å². The van der Waals surface area contributed by atoms with Gasteiger partial charge in [0, 0.05) is 19.2 Å². The molecule has 17 heavy (non-hydrogen) atoms. The number of rotatable bonds is 5. The molecular weight excluding hydrogens is 214 g/mol. The van der Waals surface area contributed by atoms with Gasteiger partial charge in [0.25, 0.3) is 0 Å². The zero-order valence-corrected chi connectivity index (χ0v) is 10.6. The van der Waals surface area contributed by atoms with Crippen molar-refractivity contribution in [3.63, 3.8) is 0 Å². The van der Waals surface area contributed by atoms with Gasteiger partial charge < -0.3 is 14.8 Å². The average Bonchev–Trinajstić information content (AvgIpc) is 2.73. The lowest BCUT2D eigenvalue weighted by Gasteiger charge is -2.16. The summed E-state index contributed by atoms with van der Waals surface area (Å²) in [5.74, 6) is 0.947. The van der Waals surface area contributed by atoms with Crippen molar-refractivity contribution in [2.24, 2.45) is 0 Å². The fraction of sp³-hybridized carbons (Fsp3) is 0.571. The molecule has 1 fully saturated rings. The lowest BCUT2D eigenvalue weighted by Crippen LogP contribution is -2.34. The third kappa shape index (κ3) is 3.45. The molecule has 0 amide bonds. The summed E-state index contributed by atoms with van der Waals surface area (Å²) in [6, 6.07) is 8.73. The van der Waals surface area contributed by atoms with E-state index in [0.717, 1.165) is 25.3 Å². The van der Waals surface area contributed by atoms with Gasteiger partial charge in [-0.3, -0.25) is 0 Å². The number of nitrogens with one attached hydrogen (secondary N) is 1. The van der Waals surface area contributed by atoms with Crippen LogP contribution in [0, 0.1) is 0 Å². The van der Waals surface area contributed by atoms with Crippen LogP contribution in [0.5, 0.6) is 5.75 Å². The number of hydrogen-bond donors (Lipinski definition) is 1. The van der Waals surface area contributed by atoms with Gasteiger partial charge in [-0.15, -0.1) is 0 Å². The molecule has 0 saturated carbocycles. The van der Waals surface area contributed by atoms with Gasteiger partial charge in [-0.1, -0.05) is 12.1 Å². The van der Waals surface area contributed by atoms with E-state index < -0.39 is 0 Å². The van der Waals surface area contributed by atoms with E-state index in [-0.39, 0.29) is 0 Å². The van der Waals surface area contributed by atoms with Crippen LogP contribution in [0.3, 0.4) is 0 Å². The minimum Gasteiger partial charge on any atom is -0.494 e. The molecule has 0 spiro atoms. The van der Waals surface area contributed by atoms with Crippen molar-refractivity contribution in [1.82, 2.24) is 5.32 Å². The van der Waals surface area contributed by atoms with Crippen molar-refractivity contribution < 1.29 is 9.47 Å². The molecule has 0 bridgehead atoms. The Morgan fingerprint density at radius 1 is 1.47 bits per heavy atom. The van der Waals surface area contributed by atoms with E-state index in [1.807, 2.05) is 19.1 Å². The number of ether oxygens (including phenoxy) is 2. The fourth-order valence-electron chi connectivity index (χ4n) is 2.16. The van der Waals surface area contributed by atoms with Crippen LogP contribution in [-0.2, 0) is 11.3 Å².